The first-order valence-corrected chi connectivity index (χ1v) is 17.5. The molecule has 14 heteroatoms. The number of aromatic nitrogens is 2. The molecular weight excluding hydrogens is 623 g/mol. The van der Waals surface area contributed by atoms with Crippen molar-refractivity contribution in [1.82, 2.24) is 24.5 Å². The van der Waals surface area contributed by atoms with Crippen molar-refractivity contribution >= 4 is 54.9 Å². The van der Waals surface area contributed by atoms with E-state index >= 15 is 0 Å². The van der Waals surface area contributed by atoms with Crippen LogP contribution in [0.4, 0.5) is 4.79 Å². The molecule has 0 bridgehead atoms. The predicted octanol–water partition coefficient (Wildman–Crippen LogP) is 3.90. The van der Waals surface area contributed by atoms with Crippen molar-refractivity contribution in [2.45, 2.75) is 56.4 Å². The van der Waals surface area contributed by atoms with E-state index in [0.717, 1.165) is 21.6 Å². The van der Waals surface area contributed by atoms with Gasteiger partial charge in [0.25, 0.3) is 5.91 Å². The van der Waals surface area contributed by atoms with Crippen LogP contribution in [0, 0.1) is 5.92 Å². The number of rotatable bonds is 14. The van der Waals surface area contributed by atoms with Gasteiger partial charge in [0.15, 0.2) is 6.10 Å². The number of benzene rings is 2. The number of aliphatic hydroxyl groups excluding tert-OH is 1. The van der Waals surface area contributed by atoms with E-state index < -0.39 is 40.3 Å². The summed E-state index contributed by atoms with van der Waals surface area (Å²) in [5.74, 6) is -0.536. The van der Waals surface area contributed by atoms with Crippen molar-refractivity contribution < 1.29 is 27.9 Å². The van der Waals surface area contributed by atoms with Crippen molar-refractivity contribution in [3.8, 4) is 0 Å². The van der Waals surface area contributed by atoms with E-state index in [1.165, 1.54) is 37.9 Å². The van der Waals surface area contributed by atoms with Crippen molar-refractivity contribution in [2.24, 2.45) is 5.92 Å². The molecule has 44 heavy (non-hydrogen) atoms. The molecular formula is C30H35N5O6S3. The van der Waals surface area contributed by atoms with Gasteiger partial charge >= 0.3 is 6.09 Å². The molecule has 1 aliphatic heterocycles. The summed E-state index contributed by atoms with van der Waals surface area (Å²) < 4.78 is 35.3. The summed E-state index contributed by atoms with van der Waals surface area (Å²) in [5.41, 5.74) is 4.89. The van der Waals surface area contributed by atoms with Gasteiger partial charge in [-0.2, -0.15) is 4.31 Å². The molecule has 0 radical (unpaired) electrons. The lowest BCUT2D eigenvalue weighted by molar-refractivity contribution is -0.129. The van der Waals surface area contributed by atoms with Gasteiger partial charge < -0.3 is 15.2 Å². The summed E-state index contributed by atoms with van der Waals surface area (Å²) in [6, 6.07) is 13.3. The van der Waals surface area contributed by atoms with E-state index in [-0.39, 0.29) is 43.4 Å². The van der Waals surface area contributed by atoms with Crippen molar-refractivity contribution in [2.75, 3.05) is 19.6 Å². The Labute approximate surface area is 264 Å². The number of amides is 2. The van der Waals surface area contributed by atoms with Crippen LogP contribution in [0.15, 0.2) is 70.6 Å². The van der Waals surface area contributed by atoms with Crippen molar-refractivity contribution in [3.05, 3.63) is 76.2 Å². The third kappa shape index (κ3) is 7.61. The molecule has 1 saturated heterocycles. The monoisotopic (exact) mass is 657 g/mol. The molecule has 2 aromatic carbocycles. The summed E-state index contributed by atoms with van der Waals surface area (Å²) in [6.45, 7) is 4.21. The van der Waals surface area contributed by atoms with E-state index in [1.54, 1.807) is 29.4 Å². The van der Waals surface area contributed by atoms with Gasteiger partial charge in [0.05, 0.1) is 51.4 Å². The summed E-state index contributed by atoms with van der Waals surface area (Å²) in [6.07, 6.45) is -0.314. The molecule has 1 fully saturated rings. The Balaban J connectivity index is 1.35. The van der Waals surface area contributed by atoms with Gasteiger partial charge in [-0.1, -0.05) is 50.6 Å². The Morgan fingerprint density at radius 3 is 2.70 bits per heavy atom. The number of cyclic esters (lactones) is 1. The Bertz CT molecular complexity index is 1660. The first-order valence-electron chi connectivity index (χ1n) is 14.3. The number of nitrogens with zero attached hydrogens (tertiary/aromatic N) is 4. The van der Waals surface area contributed by atoms with Crippen LogP contribution in [0.5, 0.6) is 0 Å². The number of aliphatic hydroxyl groups is 1. The maximum Gasteiger partial charge on any atom is 0.411 e. The highest BCUT2D eigenvalue weighted by atomic mass is 32.2. The molecule has 2 amide bonds. The van der Waals surface area contributed by atoms with Gasteiger partial charge in [-0.3, -0.25) is 14.7 Å². The van der Waals surface area contributed by atoms with Crippen LogP contribution in [0.25, 0.3) is 10.2 Å². The first kappa shape index (κ1) is 32.0. The zero-order chi connectivity index (χ0) is 31.3. The number of ether oxygens (including phenoxy) is 1. The van der Waals surface area contributed by atoms with Crippen LogP contribution in [0.3, 0.4) is 0 Å². The fraction of sp³-hybridized carbons (Fsp3) is 0.400. The Kier molecular flexibility index (Phi) is 10.3. The molecule has 0 saturated carbocycles. The molecule has 2 N–H and O–H groups in total. The van der Waals surface area contributed by atoms with Crippen LogP contribution in [0.1, 0.15) is 30.7 Å². The van der Waals surface area contributed by atoms with Crippen molar-refractivity contribution in [3.63, 3.8) is 0 Å². The van der Waals surface area contributed by atoms with Gasteiger partial charge in [-0.05, 0) is 36.1 Å². The SMILES string of the molecule is CC[C@@H](C)CN(C[C@@H](O)[C@H](Cc1ccccc1)NC(=O)[C@@H]1CN(Cc2cncs2)C(=O)O1)S(=O)(=O)c1ccc2ncsc2c1. The van der Waals surface area contributed by atoms with Gasteiger partial charge in [0, 0.05) is 24.2 Å². The number of carbonyl (C=O) groups excluding carboxylic acids is 2. The van der Waals surface area contributed by atoms with Crippen LogP contribution >= 0.6 is 22.7 Å². The maximum atomic E-state index is 13.9. The second kappa shape index (κ2) is 14.1. The van der Waals surface area contributed by atoms with E-state index in [0.29, 0.717) is 5.52 Å². The minimum absolute atomic E-state index is 0.0219. The smallest absolute Gasteiger partial charge is 0.411 e. The molecule has 2 aromatic heterocycles. The zero-order valence-electron chi connectivity index (χ0n) is 24.4. The molecule has 3 heterocycles. The highest BCUT2D eigenvalue weighted by molar-refractivity contribution is 7.89. The Hall–Kier alpha value is -3.43. The third-order valence-corrected chi connectivity index (χ3v) is 11.0. The molecule has 4 atom stereocenters. The highest BCUT2D eigenvalue weighted by Crippen LogP contribution is 2.26. The molecule has 11 nitrogen and oxygen atoms in total. The number of thiazole rings is 2. The standard InChI is InChI=1S/C30H35N5O6S3/c1-3-20(2)14-35(44(39,40)23-9-10-24-28(12-23)43-19-32-24)16-26(36)25(11-21-7-5-4-6-8-21)33-29(37)27-17-34(30(38)41-27)15-22-13-31-18-42-22/h4-10,12-13,18-20,25-27,36H,3,11,14-17H2,1-2H3,(H,33,37)/t20-,25+,26-,27+/m1/s1. The number of fused-ring (bicyclic) bond motifs is 1. The van der Waals surface area contributed by atoms with E-state index in [4.69, 9.17) is 4.74 Å². The molecule has 0 aliphatic carbocycles. The second-order valence-corrected chi connectivity index (χ2v) is 14.7. The molecule has 234 valence electrons. The number of carbonyl (C=O) groups is 2. The number of sulfonamides is 1. The van der Waals surface area contributed by atoms with Gasteiger partial charge in [0.2, 0.25) is 10.0 Å². The summed E-state index contributed by atoms with van der Waals surface area (Å²) in [4.78, 5) is 36.6. The minimum Gasteiger partial charge on any atom is -0.434 e. The quantitative estimate of drug-likeness (QED) is 0.208. The van der Waals surface area contributed by atoms with Crippen molar-refractivity contribution in [1.29, 1.82) is 0 Å². The van der Waals surface area contributed by atoms with E-state index in [2.05, 4.69) is 15.3 Å². The summed E-state index contributed by atoms with van der Waals surface area (Å²) in [5, 5.41) is 14.5. The third-order valence-electron chi connectivity index (χ3n) is 7.64. The van der Waals surface area contributed by atoms with E-state index in [1.807, 2.05) is 44.2 Å². The largest absolute Gasteiger partial charge is 0.434 e. The lowest BCUT2D eigenvalue weighted by Gasteiger charge is -2.31. The van der Waals surface area contributed by atoms with Crippen LogP contribution < -0.4 is 5.32 Å². The minimum atomic E-state index is -4.00. The molecule has 0 unspecified atom stereocenters. The van der Waals surface area contributed by atoms with Gasteiger partial charge in [-0.25, -0.2) is 18.2 Å². The normalized spacial score (nSPS) is 17.5. The summed E-state index contributed by atoms with van der Waals surface area (Å²) in [7, 11) is -4.00. The average molecular weight is 658 g/mol. The molecule has 0 spiro atoms. The van der Waals surface area contributed by atoms with Crippen LogP contribution in [-0.2, 0) is 32.5 Å². The Morgan fingerprint density at radius 2 is 1.98 bits per heavy atom. The predicted molar refractivity (Wildman–Crippen MR) is 169 cm³/mol. The summed E-state index contributed by atoms with van der Waals surface area (Å²) >= 11 is 2.75. The zero-order valence-corrected chi connectivity index (χ0v) is 26.9. The van der Waals surface area contributed by atoms with Crippen LogP contribution in [-0.4, -0.2) is 82.6 Å². The molecule has 5 rings (SSSR count). The van der Waals surface area contributed by atoms with Crippen LogP contribution in [0.2, 0.25) is 0 Å². The number of hydrogen-bond acceptors (Lipinski definition) is 10. The maximum absolute atomic E-state index is 13.9. The molecule has 1 aliphatic rings. The first-order chi connectivity index (χ1) is 21.1. The topological polar surface area (TPSA) is 142 Å². The lowest BCUT2D eigenvalue weighted by atomic mass is 10.0. The number of hydrogen-bond donors (Lipinski definition) is 2. The lowest BCUT2D eigenvalue weighted by Crippen LogP contribution is -2.53. The fourth-order valence-corrected chi connectivity index (χ4v) is 7.94. The van der Waals surface area contributed by atoms with E-state index in [9.17, 15) is 23.1 Å². The number of nitrogens with one attached hydrogen (secondary N) is 1. The van der Waals surface area contributed by atoms with Gasteiger partial charge in [0.1, 0.15) is 0 Å². The Morgan fingerprint density at radius 1 is 1.18 bits per heavy atom. The highest BCUT2D eigenvalue weighted by Gasteiger charge is 2.38. The fourth-order valence-electron chi connectivity index (χ4n) is 4.94. The average Bonchev–Trinajstić information content (AvgIpc) is 3.78. The van der Waals surface area contributed by atoms with Gasteiger partial charge in [-0.15, -0.1) is 22.7 Å². The second-order valence-electron chi connectivity index (χ2n) is 10.9. The molecule has 4 aromatic rings.